The second kappa shape index (κ2) is 7.88. The van der Waals surface area contributed by atoms with Crippen molar-refractivity contribution in [2.75, 3.05) is 52.5 Å². The van der Waals surface area contributed by atoms with Crippen molar-refractivity contribution in [3.63, 3.8) is 0 Å². The molecule has 0 aromatic heterocycles. The molecule has 1 saturated carbocycles. The molecular weight excluding hydrogens is 352 g/mol. The molecule has 2 bridgehead atoms. The third kappa shape index (κ3) is 3.70. The second-order valence-corrected chi connectivity index (χ2v) is 8.82. The van der Waals surface area contributed by atoms with E-state index in [-0.39, 0.29) is 5.91 Å². The summed E-state index contributed by atoms with van der Waals surface area (Å²) < 4.78 is 11.1. The van der Waals surface area contributed by atoms with E-state index in [0.717, 1.165) is 76.2 Å². The number of carbonyl (C=O) groups is 1. The van der Waals surface area contributed by atoms with E-state index in [4.69, 9.17) is 9.47 Å². The Morgan fingerprint density at radius 2 is 2.04 bits per heavy atom. The highest BCUT2D eigenvalue weighted by Gasteiger charge is 2.37. The lowest BCUT2D eigenvalue weighted by atomic mass is 9.93. The number of hydrogen-bond donors (Lipinski definition) is 1. The minimum atomic E-state index is 0.189. The number of hydrogen-bond acceptors (Lipinski definition) is 3. The number of fused-ring (bicyclic) bond motifs is 3. The summed E-state index contributed by atoms with van der Waals surface area (Å²) in [6, 6.07) is 5.98. The molecule has 1 aromatic rings. The summed E-state index contributed by atoms with van der Waals surface area (Å²) in [5.41, 5.74) is 1.99. The lowest BCUT2D eigenvalue weighted by Crippen LogP contribution is -3.14. The fourth-order valence-corrected chi connectivity index (χ4v) is 5.37. The average molecular weight is 384 g/mol. The van der Waals surface area contributed by atoms with Crippen LogP contribution in [-0.4, -0.2) is 63.4 Å². The van der Waals surface area contributed by atoms with Gasteiger partial charge in [-0.1, -0.05) is 12.2 Å². The van der Waals surface area contributed by atoms with Gasteiger partial charge in [-0.15, -0.1) is 0 Å². The number of allylic oxidation sites excluding steroid dienone is 2. The number of carbonyl (C=O) groups excluding carboxylic acids is 1. The maximum Gasteiger partial charge on any atom is 0.254 e. The molecule has 0 unspecified atom stereocenters. The lowest BCUT2D eigenvalue weighted by molar-refractivity contribution is -0.907. The Hall–Kier alpha value is -1.85. The Morgan fingerprint density at radius 1 is 1.14 bits per heavy atom. The van der Waals surface area contributed by atoms with Gasteiger partial charge in [-0.2, -0.15) is 0 Å². The van der Waals surface area contributed by atoms with Gasteiger partial charge in [-0.05, 0) is 54.4 Å². The minimum Gasteiger partial charge on any atom is -0.493 e. The van der Waals surface area contributed by atoms with E-state index in [9.17, 15) is 4.79 Å². The first-order valence-corrected chi connectivity index (χ1v) is 10.9. The van der Waals surface area contributed by atoms with Crippen LogP contribution in [0.2, 0.25) is 0 Å². The van der Waals surface area contributed by atoms with Crippen LogP contribution in [0.5, 0.6) is 5.75 Å². The molecule has 2 aliphatic carbocycles. The molecule has 1 amide bonds. The third-order valence-corrected chi connectivity index (χ3v) is 7.03. The normalized spacial score (nSPS) is 28.4. The van der Waals surface area contributed by atoms with E-state index in [1.807, 2.05) is 12.1 Å². The predicted molar refractivity (Wildman–Crippen MR) is 107 cm³/mol. The van der Waals surface area contributed by atoms with Crippen LogP contribution in [0.25, 0.3) is 0 Å². The maximum atomic E-state index is 13.4. The molecule has 3 atom stereocenters. The van der Waals surface area contributed by atoms with Crippen molar-refractivity contribution in [1.29, 1.82) is 0 Å². The standard InChI is InChI=1S/C23H30N2O3/c26-23(20-3-4-22-19(15-20)5-10-28-22)25(7-6-24-8-11-27-12-9-24)16-21-14-17-1-2-18(21)13-17/h1-4,15,17-18,21H,5-14,16H2/p+1/t17-,18-,21+/m0/s1. The molecular formula is C23H31N2O3+. The van der Waals surface area contributed by atoms with Crippen LogP contribution in [-0.2, 0) is 11.2 Å². The predicted octanol–water partition coefficient (Wildman–Crippen LogP) is 1.19. The van der Waals surface area contributed by atoms with Crippen LogP contribution in [0.15, 0.2) is 30.4 Å². The number of rotatable bonds is 6. The van der Waals surface area contributed by atoms with Crippen molar-refractivity contribution in [3.05, 3.63) is 41.5 Å². The van der Waals surface area contributed by atoms with Gasteiger partial charge in [0.2, 0.25) is 0 Å². The van der Waals surface area contributed by atoms with Gasteiger partial charge in [0, 0.05) is 18.5 Å². The molecule has 0 radical (unpaired) electrons. The third-order valence-electron chi connectivity index (χ3n) is 7.03. The molecule has 1 saturated heterocycles. The van der Waals surface area contributed by atoms with Crippen LogP contribution in [0, 0.1) is 17.8 Å². The molecule has 2 fully saturated rings. The van der Waals surface area contributed by atoms with E-state index in [1.54, 1.807) is 4.90 Å². The molecule has 150 valence electrons. The van der Waals surface area contributed by atoms with E-state index < -0.39 is 0 Å². The summed E-state index contributed by atoms with van der Waals surface area (Å²) in [6.45, 7) is 7.25. The second-order valence-electron chi connectivity index (χ2n) is 8.82. The van der Waals surface area contributed by atoms with E-state index in [1.165, 1.54) is 18.4 Å². The molecule has 5 nitrogen and oxygen atoms in total. The highest BCUT2D eigenvalue weighted by Crippen LogP contribution is 2.43. The number of morpholine rings is 1. The van der Waals surface area contributed by atoms with Gasteiger partial charge in [-0.3, -0.25) is 4.79 Å². The number of nitrogens with zero attached hydrogens (tertiary/aromatic N) is 1. The van der Waals surface area contributed by atoms with E-state index >= 15 is 0 Å². The zero-order chi connectivity index (χ0) is 18.9. The molecule has 4 aliphatic rings. The van der Waals surface area contributed by atoms with E-state index in [0.29, 0.717) is 11.8 Å². The fourth-order valence-electron chi connectivity index (χ4n) is 5.37. The quantitative estimate of drug-likeness (QED) is 0.751. The van der Waals surface area contributed by atoms with Gasteiger partial charge < -0.3 is 19.3 Å². The fraction of sp³-hybridized carbons (Fsp3) is 0.609. The Labute approximate surface area is 167 Å². The van der Waals surface area contributed by atoms with Gasteiger partial charge in [0.1, 0.15) is 18.8 Å². The number of nitrogens with one attached hydrogen (secondary N) is 1. The van der Waals surface area contributed by atoms with Crippen molar-refractivity contribution < 1.29 is 19.2 Å². The molecule has 5 heteroatoms. The van der Waals surface area contributed by atoms with Gasteiger partial charge in [0.05, 0.1) is 32.9 Å². The van der Waals surface area contributed by atoms with Gasteiger partial charge >= 0.3 is 0 Å². The first kappa shape index (κ1) is 18.2. The summed E-state index contributed by atoms with van der Waals surface area (Å²) in [5.74, 6) is 3.17. The van der Waals surface area contributed by atoms with Gasteiger partial charge in [0.25, 0.3) is 5.91 Å². The molecule has 0 spiro atoms. The Balaban J connectivity index is 1.30. The zero-order valence-corrected chi connectivity index (χ0v) is 16.6. The largest absolute Gasteiger partial charge is 0.493 e. The van der Waals surface area contributed by atoms with Crippen LogP contribution < -0.4 is 9.64 Å². The first-order valence-electron chi connectivity index (χ1n) is 10.9. The Morgan fingerprint density at radius 3 is 2.82 bits per heavy atom. The number of amides is 1. The SMILES string of the molecule is O=C(c1ccc2c(c1)CCO2)N(CC[NH+]1CCOCC1)C[C@H]1C[C@H]2C=C[C@H]1C2. The summed E-state index contributed by atoms with van der Waals surface area (Å²) in [7, 11) is 0. The minimum absolute atomic E-state index is 0.189. The van der Waals surface area contributed by atoms with Crippen LogP contribution in [0.1, 0.15) is 28.8 Å². The maximum absolute atomic E-state index is 13.4. The number of quaternary nitrogens is 1. The summed E-state index contributed by atoms with van der Waals surface area (Å²) in [5, 5.41) is 0. The molecule has 2 heterocycles. The smallest absolute Gasteiger partial charge is 0.254 e. The molecule has 2 aliphatic heterocycles. The van der Waals surface area contributed by atoms with Crippen molar-refractivity contribution in [1.82, 2.24) is 4.90 Å². The van der Waals surface area contributed by atoms with Gasteiger partial charge in [0.15, 0.2) is 0 Å². The summed E-state index contributed by atoms with van der Waals surface area (Å²) in [4.78, 5) is 17.1. The number of ether oxygens (including phenoxy) is 2. The topological polar surface area (TPSA) is 43.2 Å². The highest BCUT2D eigenvalue weighted by atomic mass is 16.5. The number of benzene rings is 1. The Kier molecular flexibility index (Phi) is 5.12. The average Bonchev–Trinajstić information content (AvgIpc) is 3.47. The Bertz CT molecular complexity index is 756. The van der Waals surface area contributed by atoms with E-state index in [2.05, 4.69) is 23.1 Å². The molecule has 28 heavy (non-hydrogen) atoms. The summed E-state index contributed by atoms with van der Waals surface area (Å²) in [6.07, 6.45) is 8.21. The zero-order valence-electron chi connectivity index (χ0n) is 16.6. The first-order chi connectivity index (χ1) is 13.8. The highest BCUT2D eigenvalue weighted by molar-refractivity contribution is 5.94. The van der Waals surface area contributed by atoms with Gasteiger partial charge in [-0.25, -0.2) is 0 Å². The van der Waals surface area contributed by atoms with Crippen molar-refractivity contribution in [2.45, 2.75) is 19.3 Å². The monoisotopic (exact) mass is 383 g/mol. The molecule has 1 N–H and O–H groups in total. The van der Waals surface area contributed by atoms with Crippen LogP contribution in [0.3, 0.4) is 0 Å². The lowest BCUT2D eigenvalue weighted by Gasteiger charge is -2.31. The van der Waals surface area contributed by atoms with Crippen LogP contribution >= 0.6 is 0 Å². The summed E-state index contributed by atoms with van der Waals surface area (Å²) >= 11 is 0. The van der Waals surface area contributed by atoms with Crippen LogP contribution in [0.4, 0.5) is 0 Å². The molecule has 1 aromatic carbocycles. The van der Waals surface area contributed by atoms with Crippen molar-refractivity contribution >= 4 is 5.91 Å². The van der Waals surface area contributed by atoms with Crippen molar-refractivity contribution in [3.8, 4) is 5.75 Å². The van der Waals surface area contributed by atoms with Crippen molar-refractivity contribution in [2.24, 2.45) is 17.8 Å². The molecule has 5 rings (SSSR count).